The van der Waals surface area contributed by atoms with Gasteiger partial charge < -0.3 is 5.11 Å². The molecule has 0 fully saturated rings. The van der Waals surface area contributed by atoms with Crippen molar-refractivity contribution in [2.75, 3.05) is 0 Å². The molecule has 0 bridgehead atoms. The molecule has 0 saturated carbocycles. The van der Waals surface area contributed by atoms with Crippen molar-refractivity contribution in [3.8, 4) is 0 Å². The second-order valence-corrected chi connectivity index (χ2v) is 5.26. The summed E-state index contributed by atoms with van der Waals surface area (Å²) in [7, 11) is 0. The average Bonchev–Trinajstić information content (AvgIpc) is 2.16. The van der Waals surface area contributed by atoms with Crippen LogP contribution in [-0.4, -0.2) is 10.9 Å². The molecule has 0 amide bonds. The fourth-order valence-electron chi connectivity index (χ4n) is 1.30. The monoisotopic (exact) mass is 244 g/mol. The van der Waals surface area contributed by atoms with Crippen molar-refractivity contribution in [1.29, 1.82) is 0 Å². The summed E-state index contributed by atoms with van der Waals surface area (Å²) in [4.78, 5) is 11.9. The van der Waals surface area contributed by atoms with Crippen molar-refractivity contribution in [2.24, 2.45) is 5.41 Å². The second-order valence-electron chi connectivity index (χ2n) is 4.71. The van der Waals surface area contributed by atoms with E-state index in [-0.39, 0.29) is 5.56 Å². The quantitative estimate of drug-likeness (QED) is 0.813. The molecule has 0 saturated heterocycles. The van der Waals surface area contributed by atoms with Crippen LogP contribution < -0.4 is 0 Å². The molecule has 0 spiro atoms. The number of alkyl halides is 1. The summed E-state index contributed by atoms with van der Waals surface area (Å²) in [6, 6.07) is 4.90. The molecule has 0 aliphatic carbocycles. The highest BCUT2D eigenvalue weighted by Gasteiger charge is 2.41. The van der Waals surface area contributed by atoms with Crippen LogP contribution in [0.25, 0.3) is 0 Å². The Kier molecular flexibility index (Phi) is 3.41. The van der Waals surface area contributed by atoms with Crippen molar-refractivity contribution in [3.63, 3.8) is 0 Å². The van der Waals surface area contributed by atoms with E-state index in [0.29, 0.717) is 0 Å². The third-order valence-electron chi connectivity index (χ3n) is 2.21. The summed E-state index contributed by atoms with van der Waals surface area (Å²) in [5.74, 6) is -0.965. The molecule has 1 N–H and O–H groups in total. The smallest absolute Gasteiger partial charge is 0.224 e. The molecule has 0 aromatic heterocycles. The highest BCUT2D eigenvalue weighted by molar-refractivity contribution is 6.34. The van der Waals surface area contributed by atoms with Crippen LogP contribution in [0.15, 0.2) is 24.3 Å². The van der Waals surface area contributed by atoms with Gasteiger partial charge in [0.2, 0.25) is 5.06 Å². The number of halogens is 2. The van der Waals surface area contributed by atoms with Gasteiger partial charge in [0.15, 0.2) is 5.78 Å². The van der Waals surface area contributed by atoms with Gasteiger partial charge in [-0.1, -0.05) is 44.5 Å². The predicted molar refractivity (Wildman–Crippen MR) is 60.6 cm³/mol. The number of rotatable bonds is 2. The highest BCUT2D eigenvalue weighted by atomic mass is 35.5. The molecule has 0 radical (unpaired) electrons. The maximum atomic E-state index is 12.7. The number of aliphatic hydroxyl groups is 1. The van der Waals surface area contributed by atoms with Gasteiger partial charge in [-0.15, -0.1) is 0 Å². The van der Waals surface area contributed by atoms with Crippen LogP contribution in [0.4, 0.5) is 4.39 Å². The fraction of sp³-hybridized carbons (Fsp3) is 0.417. The molecule has 1 atom stereocenters. The lowest BCUT2D eigenvalue weighted by molar-refractivity contribution is -0.138. The Morgan fingerprint density at radius 3 is 2.06 bits per heavy atom. The van der Waals surface area contributed by atoms with Crippen molar-refractivity contribution in [1.82, 2.24) is 0 Å². The Labute approximate surface area is 99.0 Å². The van der Waals surface area contributed by atoms with E-state index >= 15 is 0 Å². The third-order valence-corrected chi connectivity index (χ3v) is 2.60. The van der Waals surface area contributed by atoms with Gasteiger partial charge in [-0.05, 0) is 12.1 Å². The first-order valence-corrected chi connectivity index (χ1v) is 5.26. The summed E-state index contributed by atoms with van der Waals surface area (Å²) in [5.41, 5.74) is -0.597. The van der Waals surface area contributed by atoms with Gasteiger partial charge in [0.1, 0.15) is 5.82 Å². The Hall–Kier alpha value is -0.930. The van der Waals surface area contributed by atoms with E-state index < -0.39 is 22.1 Å². The first-order chi connectivity index (χ1) is 7.15. The Morgan fingerprint density at radius 2 is 1.69 bits per heavy atom. The molecular formula is C12H14ClFO2. The number of ketones is 1. The van der Waals surface area contributed by atoms with Gasteiger partial charge in [0.05, 0.1) is 0 Å². The lowest BCUT2D eigenvalue weighted by Gasteiger charge is -2.27. The molecule has 1 aromatic carbocycles. The van der Waals surface area contributed by atoms with Crippen LogP contribution in [0.2, 0.25) is 0 Å². The molecule has 2 nitrogen and oxygen atoms in total. The third kappa shape index (κ3) is 2.60. The van der Waals surface area contributed by atoms with Crippen LogP contribution in [-0.2, 0) is 9.85 Å². The topological polar surface area (TPSA) is 37.3 Å². The Balaban J connectivity index is 3.11. The molecule has 1 aromatic rings. The zero-order valence-electron chi connectivity index (χ0n) is 9.42. The zero-order valence-corrected chi connectivity index (χ0v) is 10.2. The maximum Gasteiger partial charge on any atom is 0.224 e. The molecule has 16 heavy (non-hydrogen) atoms. The van der Waals surface area contributed by atoms with Gasteiger partial charge in [0.25, 0.3) is 0 Å². The molecule has 4 heteroatoms. The maximum absolute atomic E-state index is 12.7. The molecule has 88 valence electrons. The summed E-state index contributed by atoms with van der Waals surface area (Å²) in [6.07, 6.45) is 0. The molecular weight excluding hydrogens is 231 g/mol. The lowest BCUT2D eigenvalue weighted by Crippen LogP contribution is -2.38. The Morgan fingerprint density at radius 1 is 1.25 bits per heavy atom. The van der Waals surface area contributed by atoms with Crippen LogP contribution in [0.1, 0.15) is 26.3 Å². The molecule has 0 aliphatic rings. The minimum atomic E-state index is -2.11. The van der Waals surface area contributed by atoms with Crippen molar-refractivity contribution >= 4 is 17.4 Å². The molecule has 0 aliphatic heterocycles. The second kappa shape index (κ2) is 4.15. The van der Waals surface area contributed by atoms with E-state index in [4.69, 9.17) is 11.6 Å². The lowest BCUT2D eigenvalue weighted by atomic mass is 9.85. The van der Waals surface area contributed by atoms with Crippen LogP contribution in [0, 0.1) is 11.2 Å². The normalized spacial score (nSPS) is 15.6. The van der Waals surface area contributed by atoms with Gasteiger partial charge >= 0.3 is 0 Å². The summed E-state index contributed by atoms with van der Waals surface area (Å²) in [5, 5.41) is 7.87. The number of Topliss-reactive ketones (excluding diaryl/α,β-unsaturated/α-hetero) is 1. The number of hydrogen-bond donors (Lipinski definition) is 1. The number of carbonyl (C=O) groups excluding carboxylic acids is 1. The van der Waals surface area contributed by atoms with Crippen LogP contribution >= 0.6 is 11.6 Å². The van der Waals surface area contributed by atoms with E-state index in [1.807, 2.05) is 0 Å². The summed E-state index contributed by atoms with van der Waals surface area (Å²) in [6.45, 7) is 4.98. The van der Waals surface area contributed by atoms with Gasteiger partial charge in [-0.25, -0.2) is 4.39 Å². The predicted octanol–water partition coefficient (Wildman–Crippen LogP) is 2.82. The zero-order chi connectivity index (χ0) is 12.6. The van der Waals surface area contributed by atoms with E-state index in [1.54, 1.807) is 20.8 Å². The van der Waals surface area contributed by atoms with Gasteiger partial charge in [-0.2, -0.15) is 0 Å². The molecule has 0 heterocycles. The number of benzene rings is 1. The summed E-state index contributed by atoms with van der Waals surface area (Å²) < 4.78 is 12.7. The fourth-order valence-corrected chi connectivity index (χ4v) is 1.71. The number of carbonyl (C=O) groups is 1. The van der Waals surface area contributed by atoms with Crippen LogP contribution in [0.3, 0.4) is 0 Å². The first-order valence-electron chi connectivity index (χ1n) is 4.88. The SMILES string of the molecule is CC(C)(C)C(=O)C(O)(Cl)c1ccc(F)cc1. The largest absolute Gasteiger partial charge is 0.365 e. The molecule has 1 unspecified atom stereocenters. The van der Waals surface area contributed by atoms with E-state index in [1.165, 1.54) is 12.1 Å². The van der Waals surface area contributed by atoms with Crippen molar-refractivity contribution < 1.29 is 14.3 Å². The van der Waals surface area contributed by atoms with E-state index in [0.717, 1.165) is 12.1 Å². The van der Waals surface area contributed by atoms with Gasteiger partial charge in [0, 0.05) is 11.0 Å². The minimum absolute atomic E-state index is 0.176. The van der Waals surface area contributed by atoms with Crippen molar-refractivity contribution in [2.45, 2.75) is 25.8 Å². The Bertz CT molecular complexity index is 390. The average molecular weight is 245 g/mol. The van der Waals surface area contributed by atoms with E-state index in [9.17, 15) is 14.3 Å². The number of hydrogen-bond acceptors (Lipinski definition) is 2. The van der Waals surface area contributed by atoms with E-state index in [2.05, 4.69) is 0 Å². The molecule has 1 rings (SSSR count). The standard InChI is InChI=1S/C12H14ClFO2/c1-11(2,3)10(15)12(13,16)8-4-6-9(14)7-5-8/h4-7,16H,1-3H3. The van der Waals surface area contributed by atoms with Crippen molar-refractivity contribution in [3.05, 3.63) is 35.6 Å². The van der Waals surface area contributed by atoms with Crippen LogP contribution in [0.5, 0.6) is 0 Å². The highest BCUT2D eigenvalue weighted by Crippen LogP contribution is 2.34. The van der Waals surface area contributed by atoms with Gasteiger partial charge in [-0.3, -0.25) is 4.79 Å². The summed E-state index contributed by atoms with van der Waals surface area (Å²) >= 11 is 5.83. The first kappa shape index (κ1) is 13.1. The minimum Gasteiger partial charge on any atom is -0.365 e.